The van der Waals surface area contributed by atoms with E-state index in [1.54, 1.807) is 20.8 Å². The van der Waals surface area contributed by atoms with Gasteiger partial charge in [-0.25, -0.2) is 4.79 Å². The Bertz CT molecular complexity index is 244. The fraction of sp³-hybridized carbons (Fsp3) is 0.889. The van der Waals surface area contributed by atoms with Crippen LogP contribution in [0.2, 0.25) is 0 Å². The lowest BCUT2D eigenvalue weighted by Crippen LogP contribution is -2.43. The van der Waals surface area contributed by atoms with Crippen molar-refractivity contribution >= 4 is 13.8 Å². The van der Waals surface area contributed by atoms with Crippen LogP contribution in [0.4, 0.5) is 4.79 Å². The SMILES string of the molecule is CC(C)(C)OC(=O)NOCC(C)(CO)O[B]O. The molecular formula is C9H19BNO6. The van der Waals surface area contributed by atoms with Gasteiger partial charge in [0, 0.05) is 0 Å². The lowest BCUT2D eigenvalue weighted by atomic mass is 10.1. The molecule has 1 atom stereocenters. The highest BCUT2D eigenvalue weighted by molar-refractivity contribution is 6.16. The Morgan fingerprint density at radius 3 is 2.35 bits per heavy atom. The number of aliphatic hydroxyl groups excluding tert-OH is 1. The number of hydroxylamine groups is 1. The zero-order valence-corrected chi connectivity index (χ0v) is 10.5. The van der Waals surface area contributed by atoms with E-state index in [4.69, 9.17) is 24.4 Å². The minimum absolute atomic E-state index is 0.153. The van der Waals surface area contributed by atoms with Crippen LogP contribution in [-0.2, 0) is 14.2 Å². The van der Waals surface area contributed by atoms with Gasteiger partial charge in [0.2, 0.25) is 0 Å². The fourth-order valence-corrected chi connectivity index (χ4v) is 0.791. The average molecular weight is 248 g/mol. The molecule has 0 aromatic heterocycles. The van der Waals surface area contributed by atoms with Crippen molar-refractivity contribution in [2.75, 3.05) is 13.2 Å². The number of nitrogens with one attached hydrogen (secondary N) is 1. The second-order valence-electron chi connectivity index (χ2n) is 4.72. The Kier molecular flexibility index (Phi) is 6.47. The maximum atomic E-state index is 11.2. The summed E-state index contributed by atoms with van der Waals surface area (Å²) in [5, 5.41) is 17.5. The van der Waals surface area contributed by atoms with Crippen LogP contribution in [0, 0.1) is 0 Å². The van der Waals surface area contributed by atoms with Gasteiger partial charge >= 0.3 is 13.8 Å². The van der Waals surface area contributed by atoms with E-state index in [1.807, 2.05) is 5.48 Å². The fourth-order valence-electron chi connectivity index (χ4n) is 0.791. The number of hydrogen-bond acceptors (Lipinski definition) is 6. The van der Waals surface area contributed by atoms with Gasteiger partial charge in [0.1, 0.15) is 12.2 Å². The van der Waals surface area contributed by atoms with Crippen LogP contribution in [0.25, 0.3) is 0 Å². The first-order valence-corrected chi connectivity index (χ1v) is 5.08. The van der Waals surface area contributed by atoms with Gasteiger partial charge in [-0.2, -0.15) is 5.48 Å². The van der Waals surface area contributed by atoms with E-state index in [1.165, 1.54) is 6.92 Å². The number of hydrogen-bond donors (Lipinski definition) is 3. The quantitative estimate of drug-likeness (QED) is 0.442. The van der Waals surface area contributed by atoms with Gasteiger partial charge in [-0.3, -0.25) is 4.84 Å². The molecule has 0 aliphatic heterocycles. The molecule has 8 heteroatoms. The molecular weight excluding hydrogens is 229 g/mol. The molecule has 0 saturated heterocycles. The molecule has 0 aliphatic rings. The molecule has 3 N–H and O–H groups in total. The molecule has 0 aliphatic carbocycles. The summed E-state index contributed by atoms with van der Waals surface area (Å²) in [6.45, 7) is 6.10. The van der Waals surface area contributed by atoms with E-state index in [9.17, 15) is 4.79 Å². The second-order valence-corrected chi connectivity index (χ2v) is 4.72. The summed E-state index contributed by atoms with van der Waals surface area (Å²) >= 11 is 0. The normalized spacial score (nSPS) is 14.9. The molecule has 0 saturated carbocycles. The molecule has 99 valence electrons. The van der Waals surface area contributed by atoms with E-state index in [0.717, 1.165) is 0 Å². The highest BCUT2D eigenvalue weighted by Crippen LogP contribution is 2.09. The molecule has 0 fully saturated rings. The molecule has 0 aromatic carbocycles. The first kappa shape index (κ1) is 16.2. The van der Waals surface area contributed by atoms with Crippen molar-refractivity contribution in [1.82, 2.24) is 5.48 Å². The Labute approximate surface area is 101 Å². The van der Waals surface area contributed by atoms with Crippen LogP contribution in [-0.4, -0.2) is 48.3 Å². The zero-order chi connectivity index (χ0) is 13.5. The molecule has 1 amide bonds. The molecule has 0 rings (SSSR count). The summed E-state index contributed by atoms with van der Waals surface area (Å²) in [7, 11) is 0.451. The van der Waals surface area contributed by atoms with Crippen molar-refractivity contribution < 1.29 is 29.2 Å². The summed E-state index contributed by atoms with van der Waals surface area (Å²) in [6, 6.07) is 0. The van der Waals surface area contributed by atoms with Gasteiger partial charge in [0.05, 0.1) is 12.2 Å². The number of rotatable bonds is 6. The monoisotopic (exact) mass is 248 g/mol. The molecule has 1 unspecified atom stereocenters. The van der Waals surface area contributed by atoms with Crippen LogP contribution < -0.4 is 5.48 Å². The maximum absolute atomic E-state index is 11.2. The number of carbonyl (C=O) groups excluding carboxylic acids is 1. The topological polar surface area (TPSA) is 97.3 Å². The van der Waals surface area contributed by atoms with E-state index in [0.29, 0.717) is 7.69 Å². The van der Waals surface area contributed by atoms with Crippen LogP contribution in [0.15, 0.2) is 0 Å². The third-order valence-corrected chi connectivity index (χ3v) is 1.60. The molecule has 1 radical (unpaired) electrons. The number of ether oxygens (including phenoxy) is 1. The third kappa shape index (κ3) is 7.97. The minimum Gasteiger partial charge on any atom is -0.442 e. The van der Waals surface area contributed by atoms with Crippen LogP contribution in [0.1, 0.15) is 27.7 Å². The smallest absolute Gasteiger partial charge is 0.442 e. The van der Waals surface area contributed by atoms with Crippen LogP contribution >= 0.6 is 0 Å². The van der Waals surface area contributed by atoms with E-state index in [2.05, 4.69) is 0 Å². The largest absolute Gasteiger partial charge is 0.485 e. The van der Waals surface area contributed by atoms with Gasteiger partial charge in [-0.15, -0.1) is 0 Å². The second kappa shape index (κ2) is 6.80. The minimum atomic E-state index is -1.14. The molecule has 7 nitrogen and oxygen atoms in total. The van der Waals surface area contributed by atoms with Gasteiger partial charge < -0.3 is 19.5 Å². The van der Waals surface area contributed by atoms with Crippen LogP contribution in [0.3, 0.4) is 0 Å². The van der Waals surface area contributed by atoms with Crippen molar-refractivity contribution in [1.29, 1.82) is 0 Å². The van der Waals surface area contributed by atoms with Crippen molar-refractivity contribution in [3.63, 3.8) is 0 Å². The number of carbonyl (C=O) groups is 1. The molecule has 0 aromatic rings. The Morgan fingerprint density at radius 1 is 1.35 bits per heavy atom. The summed E-state index contributed by atoms with van der Waals surface area (Å²) in [6.07, 6.45) is -0.745. The molecule has 0 spiro atoms. The first-order valence-electron chi connectivity index (χ1n) is 5.08. The summed E-state index contributed by atoms with van der Waals surface area (Å²) in [5.74, 6) is 0. The third-order valence-electron chi connectivity index (χ3n) is 1.60. The first-order chi connectivity index (χ1) is 7.72. The highest BCUT2D eigenvalue weighted by Gasteiger charge is 2.25. The van der Waals surface area contributed by atoms with Gasteiger partial charge in [0.15, 0.2) is 0 Å². The standard InChI is InChI=1S/C9H19BNO6/c1-8(2,3)16-7(13)11-15-6-9(4,5-12)17-10-14/h12,14H,5-6H2,1-4H3,(H,11,13). The predicted molar refractivity (Wildman–Crippen MR) is 59.9 cm³/mol. The van der Waals surface area contributed by atoms with E-state index < -0.39 is 17.3 Å². The number of amides is 1. The Hall–Kier alpha value is -0.825. The molecule has 0 heterocycles. The van der Waals surface area contributed by atoms with E-state index >= 15 is 0 Å². The van der Waals surface area contributed by atoms with Crippen molar-refractivity contribution in [2.24, 2.45) is 0 Å². The predicted octanol–water partition coefficient (Wildman–Crippen LogP) is -0.263. The molecule has 0 bridgehead atoms. The lowest BCUT2D eigenvalue weighted by Gasteiger charge is -2.26. The Morgan fingerprint density at radius 2 is 1.94 bits per heavy atom. The van der Waals surface area contributed by atoms with E-state index in [-0.39, 0.29) is 13.2 Å². The lowest BCUT2D eigenvalue weighted by molar-refractivity contribution is -0.0846. The van der Waals surface area contributed by atoms with Crippen molar-refractivity contribution in [3.05, 3.63) is 0 Å². The average Bonchev–Trinajstić information content (AvgIpc) is 2.15. The zero-order valence-electron chi connectivity index (χ0n) is 10.5. The van der Waals surface area contributed by atoms with Crippen molar-refractivity contribution in [3.8, 4) is 0 Å². The van der Waals surface area contributed by atoms with Gasteiger partial charge in [0.25, 0.3) is 0 Å². The summed E-state index contributed by atoms with van der Waals surface area (Å²) in [4.78, 5) is 16.0. The van der Waals surface area contributed by atoms with Crippen molar-refractivity contribution in [2.45, 2.75) is 38.9 Å². The molecule has 17 heavy (non-hydrogen) atoms. The summed E-state index contributed by atoms with van der Waals surface area (Å²) < 4.78 is 9.64. The highest BCUT2D eigenvalue weighted by atomic mass is 16.7. The Balaban J connectivity index is 3.93. The number of aliphatic hydroxyl groups is 1. The van der Waals surface area contributed by atoms with Gasteiger partial charge in [-0.1, -0.05) is 0 Å². The van der Waals surface area contributed by atoms with Crippen LogP contribution in [0.5, 0.6) is 0 Å². The van der Waals surface area contributed by atoms with Gasteiger partial charge in [-0.05, 0) is 27.7 Å². The summed E-state index contributed by atoms with van der Waals surface area (Å²) in [5.41, 5.74) is 0.283. The maximum Gasteiger partial charge on any atom is 0.485 e.